The van der Waals surface area contributed by atoms with Crippen molar-refractivity contribution in [2.24, 2.45) is 0 Å². The van der Waals surface area contributed by atoms with Gasteiger partial charge in [0.25, 0.3) is 0 Å². The van der Waals surface area contributed by atoms with Gasteiger partial charge in [-0.3, -0.25) is 10.1 Å². The number of alkyl halides is 3. The maximum absolute atomic E-state index is 11.8. The molecule has 0 heterocycles. The minimum atomic E-state index is -0.498. The Morgan fingerprint density at radius 3 is 1.92 bits per heavy atom. The van der Waals surface area contributed by atoms with Crippen LogP contribution in [0.15, 0.2) is 36.4 Å². The third-order valence-electron chi connectivity index (χ3n) is 4.22. The van der Waals surface area contributed by atoms with E-state index < -0.39 is 4.92 Å². The molecule has 0 fully saturated rings. The second-order valence-electron chi connectivity index (χ2n) is 6.80. The van der Waals surface area contributed by atoms with E-state index in [4.69, 9.17) is 40.5 Å². The zero-order valence-electron chi connectivity index (χ0n) is 20.0. The summed E-state index contributed by atoms with van der Waals surface area (Å²) in [5.74, 6) is 1.06. The van der Waals surface area contributed by atoms with Crippen LogP contribution in [-0.4, -0.2) is 59.2 Å². The van der Waals surface area contributed by atoms with Gasteiger partial charge in [-0.25, -0.2) is 9.59 Å². The van der Waals surface area contributed by atoms with E-state index in [9.17, 15) is 19.7 Å². The van der Waals surface area contributed by atoms with Gasteiger partial charge in [0.2, 0.25) is 0 Å². The van der Waals surface area contributed by atoms with Crippen molar-refractivity contribution in [2.75, 3.05) is 43.0 Å². The van der Waals surface area contributed by atoms with Crippen LogP contribution in [-0.2, 0) is 78.5 Å². The smallest absolute Gasteiger partial charge is 0.317 e. The molecule has 2 aromatic carbocycles. The zero-order chi connectivity index (χ0) is 26.1. The Balaban J connectivity index is 0. The summed E-state index contributed by atoms with van der Waals surface area (Å²) < 4.78 is 0. The number of amides is 4. The molecule has 2 aromatic rings. The molecule has 0 aromatic heterocycles. The molecule has 0 aliphatic rings. The maximum atomic E-state index is 11.8. The SMILES string of the molecule is Nc1c[c-]c(CNC(=O)NCCCl)cc1.O=C(NCc1[c-]cc([N+](=O)[O-])cc1)N(CCCl)CCCl.[Y].[Y]. The summed E-state index contributed by atoms with van der Waals surface area (Å²) in [6.07, 6.45) is 0. The summed E-state index contributed by atoms with van der Waals surface area (Å²) in [4.78, 5) is 34.5. The Bertz CT molecular complexity index is 922. The van der Waals surface area contributed by atoms with Crippen molar-refractivity contribution >= 4 is 58.2 Å². The van der Waals surface area contributed by atoms with E-state index in [1.165, 1.54) is 17.0 Å². The van der Waals surface area contributed by atoms with Crippen LogP contribution in [0.5, 0.6) is 0 Å². The van der Waals surface area contributed by atoms with Crippen LogP contribution in [0.25, 0.3) is 0 Å². The molecule has 0 bridgehead atoms. The van der Waals surface area contributed by atoms with Crippen LogP contribution < -0.4 is 21.7 Å². The first-order valence-electron chi connectivity index (χ1n) is 10.4. The Kier molecular flexibility index (Phi) is 24.1. The van der Waals surface area contributed by atoms with Gasteiger partial charge in [0.15, 0.2) is 5.69 Å². The number of hydrogen-bond donors (Lipinski definition) is 4. The predicted octanol–water partition coefficient (Wildman–Crippen LogP) is 3.49. The second-order valence-corrected chi connectivity index (χ2v) is 7.93. The summed E-state index contributed by atoms with van der Waals surface area (Å²) in [6.45, 7) is 1.93. The molecule has 10 nitrogen and oxygen atoms in total. The van der Waals surface area contributed by atoms with Crippen LogP contribution in [0.3, 0.4) is 0 Å². The number of nitro groups is 1. The maximum Gasteiger partial charge on any atom is 0.317 e. The monoisotopic (exact) mass is 722 g/mol. The molecule has 0 saturated carbocycles. The summed E-state index contributed by atoms with van der Waals surface area (Å²) in [5.41, 5.74) is 7.66. The summed E-state index contributed by atoms with van der Waals surface area (Å²) in [6, 6.07) is 14.6. The Hall–Kier alpha value is -0.742. The van der Waals surface area contributed by atoms with Crippen molar-refractivity contribution in [3.63, 3.8) is 0 Å². The van der Waals surface area contributed by atoms with E-state index in [2.05, 4.69) is 28.1 Å². The number of nitro benzene ring substituents is 1. The van der Waals surface area contributed by atoms with E-state index in [0.717, 1.165) is 5.56 Å². The Labute approximate surface area is 282 Å². The minimum absolute atomic E-state index is 0. The fourth-order valence-electron chi connectivity index (χ4n) is 2.45. The third-order valence-corrected chi connectivity index (χ3v) is 4.75. The number of halogens is 3. The summed E-state index contributed by atoms with van der Waals surface area (Å²) in [7, 11) is 0. The zero-order valence-corrected chi connectivity index (χ0v) is 28.0. The van der Waals surface area contributed by atoms with Gasteiger partial charge in [0, 0.05) is 121 Å². The van der Waals surface area contributed by atoms with Gasteiger partial charge in [0.05, 0.1) is 0 Å². The number of carbonyl (C=O) groups is 2. The molecule has 0 atom stereocenters. The molecular weight excluding hydrogens is 696 g/mol. The van der Waals surface area contributed by atoms with Crippen molar-refractivity contribution in [3.8, 4) is 0 Å². The van der Waals surface area contributed by atoms with Crippen LogP contribution in [0, 0.1) is 22.2 Å². The largest absolute Gasteiger partial charge is 0.449 e. The number of nitrogens with two attached hydrogens (primary N) is 1. The Morgan fingerprint density at radius 2 is 1.46 bits per heavy atom. The van der Waals surface area contributed by atoms with Crippen molar-refractivity contribution in [1.82, 2.24) is 20.9 Å². The first-order valence-corrected chi connectivity index (χ1v) is 12.0. The van der Waals surface area contributed by atoms with Crippen LogP contribution in [0.1, 0.15) is 11.1 Å². The molecule has 0 aliphatic heterocycles. The molecule has 2 rings (SSSR count). The van der Waals surface area contributed by atoms with Gasteiger partial charge >= 0.3 is 12.1 Å². The fraction of sp³-hybridized carbons (Fsp3) is 0.364. The number of anilines is 1. The normalized spacial score (nSPS) is 9.38. The molecule has 15 heteroatoms. The quantitative estimate of drug-likeness (QED) is 0.0924. The van der Waals surface area contributed by atoms with Gasteiger partial charge in [-0.1, -0.05) is 11.8 Å². The molecule has 5 N–H and O–H groups in total. The number of nitrogens with one attached hydrogen (secondary N) is 3. The van der Waals surface area contributed by atoms with Gasteiger partial charge in [-0.2, -0.15) is 30.3 Å². The van der Waals surface area contributed by atoms with Crippen LogP contribution >= 0.6 is 34.8 Å². The minimum Gasteiger partial charge on any atom is -0.449 e. The van der Waals surface area contributed by atoms with E-state index >= 15 is 0 Å². The molecule has 0 unspecified atom stereocenters. The molecule has 2 radical (unpaired) electrons. The molecule has 0 saturated heterocycles. The average molecular weight is 724 g/mol. The number of carbonyl (C=O) groups excluding carboxylic acids is 2. The van der Waals surface area contributed by atoms with Crippen molar-refractivity contribution < 1.29 is 79.9 Å². The van der Waals surface area contributed by atoms with E-state index in [1.54, 1.807) is 18.2 Å². The van der Waals surface area contributed by atoms with Crippen molar-refractivity contribution in [2.45, 2.75) is 13.1 Å². The third kappa shape index (κ3) is 17.5. The van der Waals surface area contributed by atoms with E-state index in [1.807, 2.05) is 6.07 Å². The number of benzene rings is 2. The number of urea groups is 2. The molecule has 4 amide bonds. The second kappa shape index (κ2) is 23.2. The van der Waals surface area contributed by atoms with Gasteiger partial charge in [-0.05, 0) is 0 Å². The number of rotatable bonds is 11. The van der Waals surface area contributed by atoms with Gasteiger partial charge in [-0.15, -0.1) is 58.1 Å². The first kappa shape index (κ1) is 38.4. The molecular formula is C22H27Cl3N6O4Y2-2. The van der Waals surface area contributed by atoms with Gasteiger partial charge in [0.1, 0.15) is 0 Å². The number of nitrogen functional groups attached to an aromatic ring is 1. The fourth-order valence-corrected chi connectivity index (χ4v) is 2.95. The molecule has 0 aliphatic carbocycles. The summed E-state index contributed by atoms with van der Waals surface area (Å²) >= 11 is 16.6. The standard InChI is InChI=1S/C12H14Cl2N3O3.C10H13ClN3O.2Y/c13-5-7-16(8-6-14)12(18)15-9-10-1-3-11(4-2-10)17(19)20;11-5-6-13-10(15)14-7-8-1-3-9(12)4-2-8;;/h1,3-4H,5-9H2,(H,15,18);1,3-4H,5-7,12H2,(H2,13,14,15);;/q2*-1;;. The van der Waals surface area contributed by atoms with Crippen LogP contribution in [0.4, 0.5) is 21.0 Å². The summed E-state index contributed by atoms with van der Waals surface area (Å²) in [5, 5.41) is 18.4. The average Bonchev–Trinajstić information content (AvgIpc) is 2.86. The topological polar surface area (TPSA) is 143 Å². The van der Waals surface area contributed by atoms with E-state index in [-0.39, 0.29) is 89.7 Å². The number of hydrogen-bond acceptors (Lipinski definition) is 5. The molecule has 198 valence electrons. The van der Waals surface area contributed by atoms with Crippen molar-refractivity contribution in [3.05, 3.63) is 69.8 Å². The van der Waals surface area contributed by atoms with Crippen molar-refractivity contribution in [1.29, 1.82) is 0 Å². The van der Waals surface area contributed by atoms with Crippen LogP contribution in [0.2, 0.25) is 0 Å². The number of nitrogens with zero attached hydrogens (tertiary/aromatic N) is 2. The molecule has 0 spiro atoms. The Morgan fingerprint density at radius 1 is 0.892 bits per heavy atom. The first-order chi connectivity index (χ1) is 16.8. The number of non-ortho nitro benzene ring substituents is 1. The predicted molar refractivity (Wildman–Crippen MR) is 138 cm³/mol. The van der Waals surface area contributed by atoms with Gasteiger partial charge < -0.3 is 26.6 Å². The molecule has 37 heavy (non-hydrogen) atoms. The van der Waals surface area contributed by atoms with E-state index in [0.29, 0.717) is 55.1 Å².